The third-order valence-corrected chi connectivity index (χ3v) is 11.7. The van der Waals surface area contributed by atoms with Crippen molar-refractivity contribution >= 4 is 27.6 Å². The molecule has 5 atom stereocenters. The molecule has 0 spiro atoms. The minimum absolute atomic E-state index is 0.0449. The largest absolute Gasteiger partial charge is 0.472 e. The van der Waals surface area contributed by atoms with Crippen molar-refractivity contribution < 1.29 is 66.7 Å². The highest BCUT2D eigenvalue weighted by Gasteiger charge is 2.28. The molecule has 0 aromatic heterocycles. The van der Waals surface area contributed by atoms with Gasteiger partial charge in [-0.3, -0.25) is 23.2 Å². The van der Waals surface area contributed by atoms with Crippen molar-refractivity contribution in [3.8, 4) is 0 Å². The van der Waals surface area contributed by atoms with E-state index in [1.807, 2.05) is 54.7 Å². The smallest absolute Gasteiger partial charge is 0.462 e. The number of esters is 2. The highest BCUT2D eigenvalue weighted by molar-refractivity contribution is 7.47. The van der Waals surface area contributed by atoms with Crippen molar-refractivity contribution in [1.82, 2.24) is 0 Å². The van der Waals surface area contributed by atoms with Gasteiger partial charge in [0.15, 0.2) is 6.10 Å². The van der Waals surface area contributed by atoms with Gasteiger partial charge in [-0.15, -0.1) is 0 Å². The van der Waals surface area contributed by atoms with Crippen molar-refractivity contribution in [3.63, 3.8) is 0 Å². The molecule has 0 aliphatic heterocycles. The normalized spacial score (nSPS) is 15.5. The number of phosphoric acid groups is 2. The van der Waals surface area contributed by atoms with E-state index in [0.29, 0.717) is 25.7 Å². The fraction of sp³-hybridized carbons (Fsp3) is 0.714. The Hall–Kier alpha value is -2.48. The van der Waals surface area contributed by atoms with E-state index in [0.717, 1.165) is 50.9 Å². The van der Waals surface area contributed by atoms with Gasteiger partial charge in [0, 0.05) is 12.8 Å². The summed E-state index contributed by atoms with van der Waals surface area (Å²) in [5.41, 5.74) is 0. The topological polar surface area (TPSA) is 216 Å². The summed E-state index contributed by atoms with van der Waals surface area (Å²) in [4.78, 5) is 52.8. The summed E-state index contributed by atoms with van der Waals surface area (Å²) in [5.74, 6) is -0.307. The van der Waals surface area contributed by atoms with Gasteiger partial charge in [0.1, 0.15) is 12.7 Å². The SMILES string of the molecule is CC/C=C\C/C=C\CC(O)/C=C/C=C\C/C=C\C/C=C\CCC(=O)OC[C@H](COP(=O)(O)OC[C@@H](O)COP(=O)(O)O)OC(=O)CCCCCCCCCCCCCCCCC(C)CC. The number of hydrogen-bond acceptors (Lipinski definition) is 11. The second-order valence-corrected chi connectivity index (χ2v) is 19.1. The molecular formula is C49H86O14P2. The van der Waals surface area contributed by atoms with Gasteiger partial charge in [0.05, 0.1) is 25.9 Å². The highest BCUT2D eigenvalue weighted by Crippen LogP contribution is 2.43. The highest BCUT2D eigenvalue weighted by atomic mass is 31.2. The molecule has 0 saturated carbocycles. The molecule has 0 heterocycles. The minimum atomic E-state index is -4.88. The van der Waals surface area contributed by atoms with Crippen molar-refractivity contribution in [2.45, 2.75) is 193 Å². The van der Waals surface area contributed by atoms with Gasteiger partial charge in [0.2, 0.25) is 0 Å². The molecule has 0 aliphatic rings. The average Bonchev–Trinajstić information content (AvgIpc) is 3.26. The van der Waals surface area contributed by atoms with Gasteiger partial charge in [-0.1, -0.05) is 190 Å². The summed E-state index contributed by atoms with van der Waals surface area (Å²) in [6.07, 6.45) is 43.6. The van der Waals surface area contributed by atoms with Crippen molar-refractivity contribution in [2.24, 2.45) is 5.92 Å². The lowest BCUT2D eigenvalue weighted by molar-refractivity contribution is -0.161. The monoisotopic (exact) mass is 961 g/mol. The number of ether oxygens (including phenoxy) is 2. The van der Waals surface area contributed by atoms with Crippen LogP contribution in [0.15, 0.2) is 72.9 Å². The predicted molar refractivity (Wildman–Crippen MR) is 259 cm³/mol. The molecule has 65 heavy (non-hydrogen) atoms. The standard InChI is InChI=1S/C49H86O14P2/c1-4-6-7-8-26-31-36-45(50)37-32-27-22-18-15-16-19-23-28-33-38-48(52)59-42-47(43-62-65(57,58)61-41-46(51)40-60-64(54,55)56)63-49(53)39-34-29-24-20-14-12-10-9-11-13-17-21-25-30-35-44(3)5-2/h6-7,15-16,22-23,26-28,31-32,37,44-47,50-51H,4-5,8-14,17-21,24-25,29-30,33-36,38-43H2,1-3H3,(H,57,58)(H2,54,55,56)/b7-6-,16-15-,27-22-,28-23-,31-26-,37-32+/t44?,45?,46-,47+/m0/s1. The maximum absolute atomic E-state index is 12.7. The van der Waals surface area contributed by atoms with E-state index in [9.17, 15) is 33.8 Å². The van der Waals surface area contributed by atoms with Gasteiger partial charge in [-0.25, -0.2) is 9.13 Å². The third-order valence-electron chi connectivity index (χ3n) is 10.2. The second-order valence-electron chi connectivity index (χ2n) is 16.5. The first-order chi connectivity index (χ1) is 31.2. The molecule has 0 amide bonds. The van der Waals surface area contributed by atoms with E-state index < -0.39 is 72.3 Å². The van der Waals surface area contributed by atoms with Gasteiger partial charge in [-0.05, 0) is 50.9 Å². The minimum Gasteiger partial charge on any atom is -0.462 e. The van der Waals surface area contributed by atoms with Crippen LogP contribution in [0.3, 0.4) is 0 Å². The zero-order chi connectivity index (χ0) is 48.3. The Balaban J connectivity index is 4.62. The number of allylic oxidation sites excluding steroid dienone is 10. The third kappa shape index (κ3) is 46.4. The molecule has 14 nitrogen and oxygen atoms in total. The first kappa shape index (κ1) is 62.5. The van der Waals surface area contributed by atoms with Crippen molar-refractivity contribution in [2.75, 3.05) is 26.4 Å². The van der Waals surface area contributed by atoms with Gasteiger partial charge in [-0.2, -0.15) is 0 Å². The Bertz CT molecular complexity index is 1450. The molecule has 0 aliphatic carbocycles. The molecule has 0 fully saturated rings. The molecular weight excluding hydrogens is 874 g/mol. The lowest BCUT2D eigenvalue weighted by Gasteiger charge is -2.20. The molecule has 0 rings (SSSR count). The van der Waals surface area contributed by atoms with E-state index in [1.165, 1.54) is 70.6 Å². The lowest BCUT2D eigenvalue weighted by atomic mass is 9.99. The van der Waals surface area contributed by atoms with E-state index >= 15 is 0 Å². The van der Waals surface area contributed by atoms with Crippen LogP contribution < -0.4 is 0 Å². The Morgan fingerprint density at radius 2 is 1.09 bits per heavy atom. The van der Waals surface area contributed by atoms with Crippen LogP contribution in [0.1, 0.15) is 175 Å². The fourth-order valence-corrected chi connectivity index (χ4v) is 7.35. The van der Waals surface area contributed by atoms with Crippen LogP contribution >= 0.6 is 15.6 Å². The average molecular weight is 961 g/mol. The van der Waals surface area contributed by atoms with Crippen LogP contribution in [-0.2, 0) is 41.8 Å². The summed E-state index contributed by atoms with van der Waals surface area (Å²) >= 11 is 0. The number of aliphatic hydroxyl groups is 2. The first-order valence-corrected chi connectivity index (χ1v) is 27.2. The van der Waals surface area contributed by atoms with Gasteiger partial charge >= 0.3 is 27.6 Å². The maximum atomic E-state index is 12.7. The Labute approximate surface area is 391 Å². The van der Waals surface area contributed by atoms with Crippen molar-refractivity contribution in [1.29, 1.82) is 0 Å². The number of carbonyl (C=O) groups excluding carboxylic acids is 2. The molecule has 376 valence electrons. The van der Waals surface area contributed by atoms with E-state index in [2.05, 4.69) is 42.0 Å². The molecule has 3 unspecified atom stereocenters. The van der Waals surface area contributed by atoms with E-state index in [4.69, 9.17) is 23.8 Å². The number of hydrogen-bond donors (Lipinski definition) is 5. The second kappa shape index (κ2) is 42.8. The maximum Gasteiger partial charge on any atom is 0.472 e. The van der Waals surface area contributed by atoms with Crippen molar-refractivity contribution in [3.05, 3.63) is 72.9 Å². The first-order valence-electron chi connectivity index (χ1n) is 24.1. The molecule has 5 N–H and O–H groups in total. The Kier molecular flexibility index (Phi) is 41.2. The summed E-state index contributed by atoms with van der Waals surface area (Å²) in [7, 11) is -9.72. The summed E-state index contributed by atoms with van der Waals surface area (Å²) in [5, 5.41) is 19.8. The van der Waals surface area contributed by atoms with E-state index in [-0.39, 0.29) is 12.8 Å². The molecule has 0 aromatic rings. The number of unbranched alkanes of at least 4 members (excludes halogenated alkanes) is 13. The van der Waals surface area contributed by atoms with Gasteiger partial charge in [0.25, 0.3) is 0 Å². The van der Waals surface area contributed by atoms with Crippen LogP contribution in [0.5, 0.6) is 0 Å². The van der Waals surface area contributed by atoms with Gasteiger partial charge < -0.3 is 34.4 Å². The van der Waals surface area contributed by atoms with Crippen LogP contribution in [0.2, 0.25) is 0 Å². The number of carbonyl (C=O) groups is 2. The molecule has 16 heteroatoms. The molecule has 0 radical (unpaired) electrons. The lowest BCUT2D eigenvalue weighted by Crippen LogP contribution is -2.29. The Morgan fingerprint density at radius 1 is 0.569 bits per heavy atom. The van der Waals surface area contributed by atoms with Crippen LogP contribution in [0.25, 0.3) is 0 Å². The van der Waals surface area contributed by atoms with Crippen LogP contribution in [-0.4, -0.2) is 81.6 Å². The number of phosphoric ester groups is 2. The summed E-state index contributed by atoms with van der Waals surface area (Å²) < 4.78 is 47.8. The fourth-order valence-electron chi connectivity index (χ4n) is 6.20. The molecule has 0 bridgehead atoms. The zero-order valence-corrected chi connectivity index (χ0v) is 41.6. The molecule has 0 aromatic carbocycles. The predicted octanol–water partition coefficient (Wildman–Crippen LogP) is 11.8. The zero-order valence-electron chi connectivity index (χ0n) is 39.8. The van der Waals surface area contributed by atoms with E-state index in [1.54, 1.807) is 6.08 Å². The number of rotatable bonds is 44. The summed E-state index contributed by atoms with van der Waals surface area (Å²) in [6, 6.07) is 0. The quantitative estimate of drug-likeness (QED) is 0.0126. The Morgan fingerprint density at radius 3 is 1.69 bits per heavy atom. The molecule has 0 saturated heterocycles. The number of aliphatic hydroxyl groups excluding tert-OH is 2. The van der Waals surface area contributed by atoms with Crippen LogP contribution in [0, 0.1) is 5.92 Å². The summed E-state index contributed by atoms with van der Waals surface area (Å²) in [6.45, 7) is 3.86. The van der Waals surface area contributed by atoms with Crippen LogP contribution in [0.4, 0.5) is 0 Å².